The highest BCUT2D eigenvalue weighted by Crippen LogP contribution is 2.15. The standard InChI is InChI=1S/C19H18F2N6O/c20-14-4-3-5-15(12-14)27-18(22-23-24-27)13-25-8-10-26(11-9-25)19(28)16-6-1-2-7-17(16)21/h1-7,12H,8-11,13H2. The molecule has 0 bridgehead atoms. The van der Waals surface area contributed by atoms with Crippen molar-refractivity contribution in [3.63, 3.8) is 0 Å². The number of piperazine rings is 1. The van der Waals surface area contributed by atoms with Gasteiger partial charge in [0.25, 0.3) is 5.91 Å². The first-order valence-corrected chi connectivity index (χ1v) is 8.91. The molecule has 2 heterocycles. The molecule has 1 aliphatic rings. The zero-order valence-corrected chi connectivity index (χ0v) is 15.0. The van der Waals surface area contributed by atoms with Gasteiger partial charge in [-0.1, -0.05) is 18.2 Å². The fourth-order valence-electron chi connectivity index (χ4n) is 3.23. The van der Waals surface area contributed by atoms with Crippen LogP contribution in [0.1, 0.15) is 16.2 Å². The second kappa shape index (κ2) is 7.81. The van der Waals surface area contributed by atoms with Crippen molar-refractivity contribution < 1.29 is 13.6 Å². The van der Waals surface area contributed by atoms with Crippen LogP contribution in [0, 0.1) is 11.6 Å². The van der Waals surface area contributed by atoms with Crippen molar-refractivity contribution in [2.24, 2.45) is 0 Å². The highest BCUT2D eigenvalue weighted by atomic mass is 19.1. The highest BCUT2D eigenvalue weighted by Gasteiger charge is 2.25. The Morgan fingerprint density at radius 1 is 1.00 bits per heavy atom. The molecular formula is C19H18F2N6O. The third-order valence-corrected chi connectivity index (χ3v) is 4.72. The average molecular weight is 384 g/mol. The predicted octanol–water partition coefficient (Wildman–Crippen LogP) is 1.90. The van der Waals surface area contributed by atoms with Crippen LogP contribution >= 0.6 is 0 Å². The molecule has 2 aromatic carbocycles. The lowest BCUT2D eigenvalue weighted by Crippen LogP contribution is -2.48. The van der Waals surface area contributed by atoms with Crippen LogP contribution in [0.15, 0.2) is 48.5 Å². The molecular weight excluding hydrogens is 366 g/mol. The molecule has 1 aliphatic heterocycles. The van der Waals surface area contributed by atoms with E-state index in [-0.39, 0.29) is 17.3 Å². The van der Waals surface area contributed by atoms with E-state index in [2.05, 4.69) is 20.4 Å². The van der Waals surface area contributed by atoms with Crippen molar-refractivity contribution >= 4 is 5.91 Å². The zero-order valence-electron chi connectivity index (χ0n) is 15.0. The van der Waals surface area contributed by atoms with E-state index in [0.717, 1.165) is 0 Å². The molecule has 0 radical (unpaired) electrons. The van der Waals surface area contributed by atoms with Gasteiger partial charge in [0.15, 0.2) is 5.82 Å². The molecule has 0 spiro atoms. The number of tetrazole rings is 1. The minimum absolute atomic E-state index is 0.0889. The first-order valence-electron chi connectivity index (χ1n) is 8.91. The lowest BCUT2D eigenvalue weighted by molar-refractivity contribution is 0.0620. The van der Waals surface area contributed by atoms with Gasteiger partial charge in [0, 0.05) is 26.2 Å². The van der Waals surface area contributed by atoms with E-state index >= 15 is 0 Å². The largest absolute Gasteiger partial charge is 0.336 e. The highest BCUT2D eigenvalue weighted by molar-refractivity contribution is 5.94. The van der Waals surface area contributed by atoms with Gasteiger partial charge < -0.3 is 4.90 Å². The molecule has 144 valence electrons. The van der Waals surface area contributed by atoms with Crippen LogP contribution in [-0.2, 0) is 6.54 Å². The number of hydrogen-bond acceptors (Lipinski definition) is 5. The molecule has 3 aromatic rings. The van der Waals surface area contributed by atoms with Crippen molar-refractivity contribution in [3.8, 4) is 5.69 Å². The van der Waals surface area contributed by atoms with E-state index in [4.69, 9.17) is 0 Å². The third-order valence-electron chi connectivity index (χ3n) is 4.72. The average Bonchev–Trinajstić information content (AvgIpc) is 3.17. The summed E-state index contributed by atoms with van der Waals surface area (Å²) >= 11 is 0. The maximum Gasteiger partial charge on any atom is 0.256 e. The predicted molar refractivity (Wildman–Crippen MR) is 96.7 cm³/mol. The van der Waals surface area contributed by atoms with Crippen LogP contribution in [0.3, 0.4) is 0 Å². The molecule has 1 amide bonds. The number of rotatable bonds is 4. The number of hydrogen-bond donors (Lipinski definition) is 0. The second-order valence-electron chi connectivity index (χ2n) is 6.53. The summed E-state index contributed by atoms with van der Waals surface area (Å²) in [5.74, 6) is -0.592. The third kappa shape index (κ3) is 3.74. The lowest BCUT2D eigenvalue weighted by Gasteiger charge is -2.34. The zero-order chi connectivity index (χ0) is 19.5. The van der Waals surface area contributed by atoms with Crippen molar-refractivity contribution in [1.29, 1.82) is 0 Å². The quantitative estimate of drug-likeness (QED) is 0.687. The molecule has 0 aliphatic carbocycles. The van der Waals surface area contributed by atoms with Gasteiger partial charge in [0.1, 0.15) is 11.6 Å². The number of carbonyl (C=O) groups excluding carboxylic acids is 1. The maximum absolute atomic E-state index is 13.8. The Hall–Kier alpha value is -3.20. The maximum atomic E-state index is 13.8. The number of benzene rings is 2. The minimum atomic E-state index is -0.510. The van der Waals surface area contributed by atoms with E-state index < -0.39 is 5.82 Å². The molecule has 1 aromatic heterocycles. The molecule has 7 nitrogen and oxygen atoms in total. The van der Waals surface area contributed by atoms with Crippen LogP contribution in [0.2, 0.25) is 0 Å². The van der Waals surface area contributed by atoms with Crippen LogP contribution in [0.5, 0.6) is 0 Å². The molecule has 0 unspecified atom stereocenters. The molecule has 1 saturated heterocycles. The number of carbonyl (C=O) groups is 1. The lowest BCUT2D eigenvalue weighted by atomic mass is 10.1. The van der Waals surface area contributed by atoms with Gasteiger partial charge >= 0.3 is 0 Å². The van der Waals surface area contributed by atoms with Gasteiger partial charge in [-0.15, -0.1) is 5.10 Å². The van der Waals surface area contributed by atoms with Crippen molar-refractivity contribution in [2.45, 2.75) is 6.54 Å². The summed E-state index contributed by atoms with van der Waals surface area (Å²) in [6, 6.07) is 12.1. The van der Waals surface area contributed by atoms with Crippen molar-refractivity contribution in [2.75, 3.05) is 26.2 Å². The smallest absolute Gasteiger partial charge is 0.256 e. The monoisotopic (exact) mass is 384 g/mol. The summed E-state index contributed by atoms with van der Waals surface area (Å²) in [7, 11) is 0. The van der Waals surface area contributed by atoms with Gasteiger partial charge in [-0.2, -0.15) is 4.68 Å². The molecule has 0 saturated carbocycles. The van der Waals surface area contributed by atoms with E-state index in [1.165, 1.54) is 28.9 Å². The first kappa shape index (κ1) is 18.2. The summed E-state index contributed by atoms with van der Waals surface area (Å²) < 4.78 is 28.8. The summed E-state index contributed by atoms with van der Waals surface area (Å²) in [6.07, 6.45) is 0. The molecule has 4 rings (SSSR count). The summed E-state index contributed by atoms with van der Waals surface area (Å²) in [5, 5.41) is 11.7. The van der Waals surface area contributed by atoms with Crippen LogP contribution in [0.25, 0.3) is 5.69 Å². The Labute approximate surface area is 160 Å². The van der Waals surface area contributed by atoms with Gasteiger partial charge in [-0.3, -0.25) is 9.69 Å². The Morgan fingerprint density at radius 3 is 2.54 bits per heavy atom. The minimum Gasteiger partial charge on any atom is -0.336 e. The van der Waals surface area contributed by atoms with E-state index in [9.17, 15) is 13.6 Å². The van der Waals surface area contributed by atoms with E-state index in [1.54, 1.807) is 29.2 Å². The number of amides is 1. The normalized spacial score (nSPS) is 15.0. The number of halogens is 2. The SMILES string of the molecule is O=C(c1ccccc1F)N1CCN(Cc2nnnn2-c2cccc(F)c2)CC1. The molecule has 0 atom stereocenters. The van der Waals surface area contributed by atoms with Gasteiger partial charge in [-0.05, 0) is 40.8 Å². The van der Waals surface area contributed by atoms with Crippen molar-refractivity contribution in [1.82, 2.24) is 30.0 Å². The first-order chi connectivity index (χ1) is 13.6. The topological polar surface area (TPSA) is 67.2 Å². The fraction of sp³-hybridized carbons (Fsp3) is 0.263. The van der Waals surface area contributed by atoms with E-state index in [1.807, 2.05) is 0 Å². The molecule has 1 fully saturated rings. The summed E-state index contributed by atoms with van der Waals surface area (Å²) in [4.78, 5) is 16.3. The summed E-state index contributed by atoms with van der Waals surface area (Å²) in [6.45, 7) is 2.64. The Kier molecular flexibility index (Phi) is 5.07. The van der Waals surface area contributed by atoms with Crippen LogP contribution < -0.4 is 0 Å². The van der Waals surface area contributed by atoms with Crippen LogP contribution in [0.4, 0.5) is 8.78 Å². The number of nitrogens with zero attached hydrogens (tertiary/aromatic N) is 6. The Bertz CT molecular complexity index is 984. The fourth-order valence-corrected chi connectivity index (χ4v) is 3.23. The summed E-state index contributed by atoms with van der Waals surface area (Å²) in [5.41, 5.74) is 0.638. The molecule has 0 N–H and O–H groups in total. The Balaban J connectivity index is 1.40. The van der Waals surface area contributed by atoms with E-state index in [0.29, 0.717) is 44.2 Å². The molecule has 28 heavy (non-hydrogen) atoms. The molecule has 9 heteroatoms. The van der Waals surface area contributed by atoms with Crippen molar-refractivity contribution in [3.05, 3.63) is 71.6 Å². The van der Waals surface area contributed by atoms with Gasteiger partial charge in [0.05, 0.1) is 17.8 Å². The second-order valence-corrected chi connectivity index (χ2v) is 6.53. The van der Waals surface area contributed by atoms with Gasteiger partial charge in [0.2, 0.25) is 0 Å². The van der Waals surface area contributed by atoms with Gasteiger partial charge in [-0.25, -0.2) is 8.78 Å². The Morgan fingerprint density at radius 2 is 1.79 bits per heavy atom. The number of aromatic nitrogens is 4. The van der Waals surface area contributed by atoms with Crippen LogP contribution in [-0.4, -0.2) is 62.1 Å².